The molecule has 4 rings (SSSR count). The first-order valence-corrected chi connectivity index (χ1v) is 12.3. The van der Waals surface area contributed by atoms with Crippen LogP contribution in [-0.4, -0.2) is 48.9 Å². The van der Waals surface area contributed by atoms with E-state index in [2.05, 4.69) is 0 Å². The van der Waals surface area contributed by atoms with Crippen molar-refractivity contribution >= 4 is 42.3 Å². The van der Waals surface area contributed by atoms with Crippen molar-refractivity contribution in [2.75, 3.05) is 19.3 Å². The molecule has 1 aliphatic heterocycles. The van der Waals surface area contributed by atoms with Crippen LogP contribution in [0.1, 0.15) is 17.9 Å². The number of likely N-dealkylation sites (tertiary alicyclic amines) is 1. The zero-order chi connectivity index (χ0) is 22.5. The number of benzene rings is 2. The highest BCUT2D eigenvalue weighted by molar-refractivity contribution is 8.13. The number of rotatable bonds is 4. The van der Waals surface area contributed by atoms with E-state index in [9.17, 15) is 23.4 Å². The Morgan fingerprint density at radius 2 is 1.90 bits per heavy atom. The van der Waals surface area contributed by atoms with Gasteiger partial charge in [-0.3, -0.25) is 4.79 Å². The van der Waals surface area contributed by atoms with Gasteiger partial charge < -0.3 is 19.5 Å². The number of aromatic hydroxyl groups is 2. The largest absolute Gasteiger partial charge is 0.507 e. The second kappa shape index (κ2) is 8.02. The van der Waals surface area contributed by atoms with Crippen molar-refractivity contribution in [3.8, 4) is 22.8 Å². The van der Waals surface area contributed by atoms with Crippen LogP contribution in [0.5, 0.6) is 11.5 Å². The smallest absolute Gasteiger partial charge is 0.234 e. The lowest BCUT2D eigenvalue weighted by Crippen LogP contribution is -2.34. The first-order chi connectivity index (χ1) is 14.6. The number of phenols is 2. The summed E-state index contributed by atoms with van der Waals surface area (Å²) < 4.78 is 29.6. The molecule has 1 saturated heterocycles. The molecule has 1 fully saturated rings. The monoisotopic (exact) mass is 483 g/mol. The standard InChI is InChI=1S/C21H19Cl2NO6S/c1-24-7-6-12(14(24)10-31(23,28)29)19-15(25)8-16(26)20-17(27)9-18(30-21(19)20)11-4-2-3-5-13(11)22/h2-5,8-9,12,14,25-26H,6-7,10H2,1H3. The molecular formula is C21H19Cl2NO6S. The highest BCUT2D eigenvalue weighted by Gasteiger charge is 2.39. The van der Waals surface area contributed by atoms with Crippen LogP contribution in [0.2, 0.25) is 5.02 Å². The van der Waals surface area contributed by atoms with Crippen LogP contribution in [0.4, 0.5) is 0 Å². The molecule has 164 valence electrons. The quantitative estimate of drug-likeness (QED) is 0.541. The van der Waals surface area contributed by atoms with E-state index in [0.29, 0.717) is 23.6 Å². The van der Waals surface area contributed by atoms with Crippen molar-refractivity contribution in [2.45, 2.75) is 18.4 Å². The van der Waals surface area contributed by atoms with Gasteiger partial charge in [0.15, 0.2) is 5.43 Å². The van der Waals surface area contributed by atoms with Gasteiger partial charge in [0.2, 0.25) is 9.05 Å². The second-order valence-corrected chi connectivity index (χ2v) is 10.9. The highest BCUT2D eigenvalue weighted by Crippen LogP contribution is 2.45. The van der Waals surface area contributed by atoms with Gasteiger partial charge in [0.1, 0.15) is 28.2 Å². The molecule has 2 heterocycles. The lowest BCUT2D eigenvalue weighted by molar-refractivity contribution is 0.317. The fourth-order valence-electron chi connectivity index (χ4n) is 4.27. The molecule has 0 aliphatic carbocycles. The number of phenolic OH excluding ortho intramolecular Hbond substituents is 2. The molecule has 2 aromatic carbocycles. The third-order valence-corrected chi connectivity index (χ3v) is 7.15. The Labute approximate surface area is 187 Å². The Morgan fingerprint density at radius 1 is 1.19 bits per heavy atom. The van der Waals surface area contributed by atoms with Crippen molar-refractivity contribution < 1.29 is 23.0 Å². The van der Waals surface area contributed by atoms with Gasteiger partial charge in [0.25, 0.3) is 0 Å². The minimum Gasteiger partial charge on any atom is -0.507 e. The lowest BCUT2D eigenvalue weighted by Gasteiger charge is -2.25. The molecule has 3 aromatic rings. The van der Waals surface area contributed by atoms with Crippen molar-refractivity contribution in [1.82, 2.24) is 4.90 Å². The fraction of sp³-hybridized carbons (Fsp3) is 0.286. The van der Waals surface area contributed by atoms with Crippen LogP contribution in [0.25, 0.3) is 22.3 Å². The van der Waals surface area contributed by atoms with Gasteiger partial charge in [-0.1, -0.05) is 23.7 Å². The van der Waals surface area contributed by atoms with Gasteiger partial charge in [0.05, 0.1) is 10.8 Å². The Kier molecular flexibility index (Phi) is 5.68. The first-order valence-electron chi connectivity index (χ1n) is 9.47. The summed E-state index contributed by atoms with van der Waals surface area (Å²) in [6.07, 6.45) is 0.501. The van der Waals surface area contributed by atoms with E-state index in [1.165, 1.54) is 6.07 Å². The number of hydrogen-bond donors (Lipinski definition) is 2. The second-order valence-electron chi connectivity index (χ2n) is 7.64. The van der Waals surface area contributed by atoms with E-state index in [1.807, 2.05) is 4.90 Å². The zero-order valence-electron chi connectivity index (χ0n) is 16.4. The molecule has 10 heteroatoms. The molecule has 0 spiro atoms. The van der Waals surface area contributed by atoms with Crippen LogP contribution >= 0.6 is 22.3 Å². The van der Waals surface area contributed by atoms with Crippen LogP contribution in [0, 0.1) is 0 Å². The van der Waals surface area contributed by atoms with Gasteiger partial charge in [-0.15, -0.1) is 0 Å². The number of hydrogen-bond acceptors (Lipinski definition) is 7. The molecule has 2 unspecified atom stereocenters. The van der Waals surface area contributed by atoms with E-state index < -0.39 is 32.2 Å². The normalized spacial score (nSPS) is 19.8. The lowest BCUT2D eigenvalue weighted by atomic mass is 9.89. The molecule has 31 heavy (non-hydrogen) atoms. The van der Waals surface area contributed by atoms with E-state index in [-0.39, 0.29) is 33.8 Å². The number of halogens is 2. The summed E-state index contributed by atoms with van der Waals surface area (Å²) in [6.45, 7) is 0.554. The highest BCUT2D eigenvalue weighted by atomic mass is 35.7. The summed E-state index contributed by atoms with van der Waals surface area (Å²) in [5.74, 6) is -1.38. The number of fused-ring (bicyclic) bond motifs is 1. The summed E-state index contributed by atoms with van der Waals surface area (Å²) >= 11 is 6.26. The van der Waals surface area contributed by atoms with E-state index in [1.54, 1.807) is 31.3 Å². The molecular weight excluding hydrogens is 465 g/mol. The predicted molar refractivity (Wildman–Crippen MR) is 120 cm³/mol. The molecule has 2 N–H and O–H groups in total. The minimum absolute atomic E-state index is 0.00260. The van der Waals surface area contributed by atoms with Crippen LogP contribution in [0.15, 0.2) is 45.6 Å². The minimum atomic E-state index is -3.83. The first kappa shape index (κ1) is 22.0. The maximum Gasteiger partial charge on any atom is 0.234 e. The molecule has 1 aliphatic rings. The Hall–Kier alpha value is -2.26. The van der Waals surface area contributed by atoms with Crippen molar-refractivity contribution in [3.05, 3.63) is 57.2 Å². The van der Waals surface area contributed by atoms with Crippen LogP contribution in [0.3, 0.4) is 0 Å². The Morgan fingerprint density at radius 3 is 2.58 bits per heavy atom. The third kappa shape index (κ3) is 4.13. The summed E-state index contributed by atoms with van der Waals surface area (Å²) in [4.78, 5) is 14.7. The Bertz CT molecular complexity index is 1340. The molecule has 0 bridgehead atoms. The van der Waals surface area contributed by atoms with E-state index >= 15 is 0 Å². The van der Waals surface area contributed by atoms with Crippen molar-refractivity contribution in [1.29, 1.82) is 0 Å². The fourth-order valence-corrected chi connectivity index (χ4v) is 5.78. The Balaban J connectivity index is 1.99. The van der Waals surface area contributed by atoms with Crippen LogP contribution < -0.4 is 5.43 Å². The zero-order valence-corrected chi connectivity index (χ0v) is 18.7. The van der Waals surface area contributed by atoms with Crippen molar-refractivity contribution in [3.63, 3.8) is 0 Å². The SMILES string of the molecule is CN1CCC(c2c(O)cc(O)c3c(=O)cc(-c4ccccc4Cl)oc23)C1CS(=O)(=O)Cl. The summed E-state index contributed by atoms with van der Waals surface area (Å²) in [5, 5.41) is 21.3. The molecule has 2 atom stereocenters. The molecule has 7 nitrogen and oxygen atoms in total. The van der Waals surface area contributed by atoms with E-state index in [4.69, 9.17) is 26.7 Å². The van der Waals surface area contributed by atoms with Crippen molar-refractivity contribution in [2.24, 2.45) is 0 Å². The summed E-state index contributed by atoms with van der Waals surface area (Å²) in [7, 11) is 3.45. The summed E-state index contributed by atoms with van der Waals surface area (Å²) in [6, 6.07) is 8.56. The van der Waals surface area contributed by atoms with Gasteiger partial charge in [-0.25, -0.2) is 8.42 Å². The van der Waals surface area contributed by atoms with Gasteiger partial charge in [-0.05, 0) is 32.1 Å². The maximum atomic E-state index is 12.9. The number of likely N-dealkylation sites (N-methyl/N-ethyl adjacent to an activating group) is 1. The van der Waals surface area contributed by atoms with Gasteiger partial charge in [-0.2, -0.15) is 0 Å². The molecule has 0 saturated carbocycles. The van der Waals surface area contributed by atoms with Gasteiger partial charge >= 0.3 is 0 Å². The molecule has 0 amide bonds. The summed E-state index contributed by atoms with van der Waals surface area (Å²) in [5.41, 5.74) is 0.217. The molecule has 1 aromatic heterocycles. The topological polar surface area (TPSA) is 108 Å². The number of nitrogens with zero attached hydrogens (tertiary/aromatic N) is 1. The van der Waals surface area contributed by atoms with Crippen LogP contribution in [-0.2, 0) is 9.05 Å². The van der Waals surface area contributed by atoms with Gasteiger partial charge in [0, 0.05) is 45.9 Å². The maximum absolute atomic E-state index is 12.9. The molecule has 0 radical (unpaired) electrons. The average Bonchev–Trinajstić information content (AvgIpc) is 3.00. The third-order valence-electron chi connectivity index (χ3n) is 5.70. The average molecular weight is 484 g/mol. The predicted octanol–water partition coefficient (Wildman–Crippen LogP) is 3.88. The van der Waals surface area contributed by atoms with E-state index in [0.717, 1.165) is 6.07 Å².